The predicted octanol–water partition coefficient (Wildman–Crippen LogP) is 0.709. The zero-order valence-electron chi connectivity index (χ0n) is 18.0. The number of phosphoric ester groups is 1. The lowest BCUT2D eigenvalue weighted by Gasteiger charge is -2.33. The Hall–Kier alpha value is -1.66. The van der Waals surface area contributed by atoms with E-state index in [0.29, 0.717) is 17.7 Å². The Morgan fingerprint density at radius 3 is 2.33 bits per heavy atom. The lowest BCUT2D eigenvalue weighted by atomic mass is 10.1. The Morgan fingerprint density at radius 2 is 1.81 bits per heavy atom. The monoisotopic (exact) mass is 590 g/mol. The van der Waals surface area contributed by atoms with Crippen molar-refractivity contribution in [3.05, 3.63) is 22.4 Å². The molecule has 0 aliphatic rings. The number of nitrogens with zero attached hydrogens (tertiary/aromatic N) is 2. The number of nitrogens with two attached hydrogens (primary N) is 1. The van der Waals surface area contributed by atoms with Gasteiger partial charge in [-0.3, -0.25) is 18.9 Å². The first kappa shape index (κ1) is 30.6. The topological polar surface area (TPSA) is 266 Å². The van der Waals surface area contributed by atoms with Crippen molar-refractivity contribution in [2.24, 2.45) is 0 Å². The summed E-state index contributed by atoms with van der Waals surface area (Å²) in [4.78, 5) is 53.3. The third-order valence-electron chi connectivity index (χ3n) is 4.07. The van der Waals surface area contributed by atoms with Crippen LogP contribution in [0.1, 0.15) is 20.1 Å². The number of aliphatic hydroxyl groups excluding tert-OH is 1. The maximum atomic E-state index is 15.0. The second kappa shape index (κ2) is 10.6. The van der Waals surface area contributed by atoms with Crippen molar-refractivity contribution < 1.29 is 69.4 Å². The number of ether oxygens (including phenoxy) is 1. The summed E-state index contributed by atoms with van der Waals surface area (Å²) in [6.45, 7) is -0.438. The van der Waals surface area contributed by atoms with Gasteiger partial charge in [-0.15, -0.1) is 0 Å². The number of rotatable bonds is 12. The van der Waals surface area contributed by atoms with E-state index in [2.05, 4.69) is 18.1 Å². The van der Waals surface area contributed by atoms with Crippen molar-refractivity contribution in [2.75, 3.05) is 12.4 Å². The van der Waals surface area contributed by atoms with Gasteiger partial charge in [-0.05, 0) is 13.8 Å². The van der Waals surface area contributed by atoms with Gasteiger partial charge < -0.3 is 35.2 Å². The molecule has 0 bridgehead atoms. The van der Waals surface area contributed by atoms with Crippen LogP contribution in [0.15, 0.2) is 11.0 Å². The highest BCUT2D eigenvalue weighted by Gasteiger charge is 2.44. The number of nitrogen functional groups attached to an aromatic ring is 1. The number of hydrogen-bond donors (Lipinski definition) is 7. The van der Waals surface area contributed by atoms with E-state index >= 15 is 4.39 Å². The molecule has 2 rings (SSSR count). The Bertz CT molecular complexity index is 1310. The number of alkyl halides is 2. The molecule has 206 valence electrons. The van der Waals surface area contributed by atoms with Crippen LogP contribution in [0.4, 0.5) is 19.1 Å². The smallest absolute Gasteiger partial charge is 0.369 e. The highest BCUT2D eigenvalue weighted by atomic mass is 31.3. The van der Waals surface area contributed by atoms with Gasteiger partial charge in [-0.1, -0.05) is 0 Å². The number of anilines is 1. The lowest BCUT2D eigenvalue weighted by Crippen LogP contribution is -2.41. The van der Waals surface area contributed by atoms with Crippen LogP contribution in [-0.2, 0) is 31.6 Å². The van der Waals surface area contributed by atoms with E-state index < -0.39 is 82.8 Å². The van der Waals surface area contributed by atoms with Crippen LogP contribution < -0.4 is 11.3 Å². The van der Waals surface area contributed by atoms with Crippen molar-refractivity contribution in [3.63, 3.8) is 0 Å². The minimum Gasteiger partial charge on any atom is -0.369 e. The Balaban J connectivity index is 2.34. The zero-order chi connectivity index (χ0) is 27.9. The van der Waals surface area contributed by atoms with Crippen LogP contribution in [0.3, 0.4) is 0 Å². The summed E-state index contributed by atoms with van der Waals surface area (Å²) in [6, 6.07) is 0. The quantitative estimate of drug-likeness (QED) is 0.133. The average molecular weight is 590 g/mol. The fraction of sp³-hybridized carbons (Fsp3) is 0.538. The van der Waals surface area contributed by atoms with E-state index in [0.717, 1.165) is 6.92 Å². The summed E-state index contributed by atoms with van der Waals surface area (Å²) in [7, 11) is -17.3. The first-order chi connectivity index (χ1) is 16.2. The first-order valence-corrected chi connectivity index (χ1v) is 13.7. The van der Waals surface area contributed by atoms with E-state index in [4.69, 9.17) is 25.2 Å². The number of aromatic amines is 1. The zero-order valence-corrected chi connectivity index (χ0v) is 20.6. The fourth-order valence-corrected chi connectivity index (χ4v) is 5.86. The minimum atomic E-state index is -5.89. The number of fused-ring (bicyclic) bond motifs is 1. The van der Waals surface area contributed by atoms with Crippen molar-refractivity contribution in [3.8, 4) is 0 Å². The van der Waals surface area contributed by atoms with Crippen molar-refractivity contribution in [1.29, 1.82) is 0 Å². The normalized spacial score (nSPS) is 20.3. The predicted molar refractivity (Wildman–Crippen MR) is 111 cm³/mol. The molecule has 2 unspecified atom stereocenters. The van der Waals surface area contributed by atoms with Gasteiger partial charge in [0, 0.05) is 6.20 Å². The van der Waals surface area contributed by atoms with Gasteiger partial charge in [0.15, 0.2) is 29.7 Å². The third-order valence-corrected chi connectivity index (χ3v) is 7.99. The van der Waals surface area contributed by atoms with Gasteiger partial charge >= 0.3 is 23.5 Å². The molecular weight excluding hydrogens is 570 g/mol. The number of aromatic nitrogens is 3. The van der Waals surface area contributed by atoms with E-state index in [1.807, 2.05) is 4.98 Å². The second-order valence-corrected chi connectivity index (χ2v) is 11.6. The minimum absolute atomic E-state index is 0.469. The van der Waals surface area contributed by atoms with Gasteiger partial charge in [-0.2, -0.15) is 13.6 Å². The van der Waals surface area contributed by atoms with Crippen molar-refractivity contribution in [1.82, 2.24) is 14.5 Å². The maximum Gasteiger partial charge on any atom is 0.490 e. The summed E-state index contributed by atoms with van der Waals surface area (Å²) < 4.78 is 93.6. The molecule has 36 heavy (non-hydrogen) atoms. The van der Waals surface area contributed by atoms with Crippen LogP contribution in [-0.4, -0.2) is 64.0 Å². The largest absolute Gasteiger partial charge is 0.490 e. The van der Waals surface area contributed by atoms with E-state index in [9.17, 15) is 37.3 Å². The summed E-state index contributed by atoms with van der Waals surface area (Å²) in [5.74, 6) is -1.81. The molecule has 23 heteroatoms. The first-order valence-electron chi connectivity index (χ1n) is 9.14. The van der Waals surface area contributed by atoms with Crippen LogP contribution in [0.5, 0.6) is 0 Å². The van der Waals surface area contributed by atoms with E-state index in [1.54, 1.807) is 0 Å². The molecule has 0 aromatic carbocycles. The highest BCUT2D eigenvalue weighted by molar-refractivity contribution is 7.66. The van der Waals surface area contributed by atoms with Crippen LogP contribution in [0, 0.1) is 5.82 Å². The van der Waals surface area contributed by atoms with Crippen LogP contribution >= 0.6 is 23.5 Å². The Labute approximate surface area is 198 Å². The lowest BCUT2D eigenvalue weighted by molar-refractivity contribution is -0.232. The molecule has 2 aromatic heterocycles. The molecule has 0 amide bonds. The summed E-state index contributed by atoms with van der Waals surface area (Å²) in [5, 5.41) is 9.48. The number of nitrogens with one attached hydrogen (secondary N) is 1. The maximum absolute atomic E-state index is 15.0. The summed E-state index contributed by atoms with van der Waals surface area (Å²) >= 11 is 0. The SMILES string of the molecule is C[C@H](OP(=O)(O)OP(=O)(O)OP(=O)(O)O)[C@H](O)O[C@@H](n1cc(F)c2c(=O)[nH]c(N)nc21)[C@@](C)(F)CF. The van der Waals surface area contributed by atoms with Gasteiger partial charge in [0.2, 0.25) is 5.95 Å². The molecule has 0 saturated carbocycles. The fourth-order valence-electron chi connectivity index (χ4n) is 2.67. The van der Waals surface area contributed by atoms with Gasteiger partial charge in [0.05, 0.1) is 0 Å². The van der Waals surface area contributed by atoms with E-state index in [1.165, 1.54) is 0 Å². The van der Waals surface area contributed by atoms with Crippen molar-refractivity contribution >= 4 is 40.4 Å². The molecule has 0 radical (unpaired) electrons. The number of halogens is 3. The molecule has 17 nitrogen and oxygen atoms in total. The highest BCUT2D eigenvalue weighted by Crippen LogP contribution is 2.66. The molecule has 0 fully saturated rings. The van der Waals surface area contributed by atoms with Crippen LogP contribution in [0.25, 0.3) is 11.0 Å². The molecule has 0 aliphatic carbocycles. The standard InChI is InChI=1S/C13H20F3N4O13P3/c1-5(31-35(26,27)33-36(28,29)32-34(23,24)25)10(22)30-11(13(2,16)4-14)20-3-6(15)7-8(20)18-12(17)19-9(7)21/h3,5,10-11,22H,4H2,1-2H3,(H,26,27)(H,28,29)(H2,23,24,25)(H3,17,18,19,21)/t5-,10+,11+,13-/m0/s1. The molecule has 2 heterocycles. The second-order valence-electron chi connectivity index (χ2n) is 7.23. The molecule has 2 aromatic rings. The third kappa shape index (κ3) is 7.67. The van der Waals surface area contributed by atoms with Gasteiger partial charge in [0.25, 0.3) is 5.56 Å². The molecule has 6 atom stereocenters. The van der Waals surface area contributed by atoms with E-state index in [-0.39, 0.29) is 0 Å². The average Bonchev–Trinajstić information content (AvgIpc) is 2.98. The molecule has 0 spiro atoms. The number of phosphoric acid groups is 3. The molecular formula is C13H20F3N4O13P3. The Kier molecular flexibility index (Phi) is 9.00. The van der Waals surface area contributed by atoms with Gasteiger partial charge in [-0.25, -0.2) is 26.9 Å². The van der Waals surface area contributed by atoms with Gasteiger partial charge in [0.1, 0.15) is 18.2 Å². The molecule has 8 N–H and O–H groups in total. The number of H-pyrrole nitrogens is 1. The summed E-state index contributed by atoms with van der Waals surface area (Å²) in [6.07, 6.45) is -6.43. The molecule has 0 saturated heterocycles. The van der Waals surface area contributed by atoms with Crippen LogP contribution in [0.2, 0.25) is 0 Å². The number of aliphatic hydroxyl groups is 1. The van der Waals surface area contributed by atoms with Crippen molar-refractivity contribution in [2.45, 2.75) is 38.1 Å². The summed E-state index contributed by atoms with van der Waals surface area (Å²) in [5.41, 5.74) is 0.599. The Morgan fingerprint density at radius 1 is 1.22 bits per heavy atom. The molecule has 0 aliphatic heterocycles. The number of hydrogen-bond acceptors (Lipinski definition) is 11.